The molecule has 1 nitrogen and oxygen atoms in total. The molecule has 0 aromatic heterocycles. The number of benzene rings is 3. The maximum atomic E-state index is 13.6. The largest absolute Gasteiger partial charge is 0.486 e. The van der Waals surface area contributed by atoms with Gasteiger partial charge in [-0.05, 0) is 28.8 Å². The lowest BCUT2D eigenvalue weighted by atomic mass is 10.0. The zero-order valence-electron chi connectivity index (χ0n) is 11.5. The Balaban J connectivity index is 1.85. The van der Waals surface area contributed by atoms with E-state index in [-0.39, 0.29) is 11.6 Å². The minimum atomic E-state index is -0.338. The molecule has 0 aliphatic rings. The van der Waals surface area contributed by atoms with Crippen LogP contribution >= 0.6 is 0 Å². The Kier molecular flexibility index (Phi) is 3.97. The van der Waals surface area contributed by atoms with E-state index in [4.69, 9.17) is 4.74 Å². The number of rotatable bonds is 4. The molecule has 0 radical (unpaired) electrons. The van der Waals surface area contributed by atoms with Crippen LogP contribution in [0.15, 0.2) is 78.9 Å². The first-order valence-corrected chi connectivity index (χ1v) is 6.85. The molecule has 3 rings (SSSR count). The molecule has 21 heavy (non-hydrogen) atoms. The lowest BCUT2D eigenvalue weighted by Gasteiger charge is -2.11. The van der Waals surface area contributed by atoms with Crippen molar-refractivity contribution in [3.8, 4) is 16.9 Å². The minimum absolute atomic E-state index is 0.278. The molecule has 0 bridgehead atoms. The summed E-state index contributed by atoms with van der Waals surface area (Å²) in [5, 5.41) is 0. The summed E-state index contributed by atoms with van der Waals surface area (Å²) < 4.78 is 19.2. The summed E-state index contributed by atoms with van der Waals surface area (Å²) in [5.41, 5.74) is 3.27. The smallest absolute Gasteiger partial charge is 0.165 e. The molecular weight excluding hydrogens is 263 g/mol. The molecule has 0 aliphatic carbocycles. The number of para-hydroxylation sites is 1. The van der Waals surface area contributed by atoms with Gasteiger partial charge in [0.2, 0.25) is 0 Å². The zero-order valence-corrected chi connectivity index (χ0v) is 11.5. The van der Waals surface area contributed by atoms with Gasteiger partial charge in [0.15, 0.2) is 11.6 Å². The minimum Gasteiger partial charge on any atom is -0.486 e. The van der Waals surface area contributed by atoms with Gasteiger partial charge in [-0.1, -0.05) is 66.7 Å². The van der Waals surface area contributed by atoms with Crippen LogP contribution in [0.25, 0.3) is 11.1 Å². The SMILES string of the molecule is Fc1ccccc1OCc1ccccc1-c1ccccc1. The Morgan fingerprint density at radius 3 is 2.19 bits per heavy atom. The van der Waals surface area contributed by atoms with Crippen LogP contribution in [0.4, 0.5) is 4.39 Å². The standard InChI is InChI=1S/C19H15FO/c20-18-12-6-7-13-19(18)21-14-16-10-4-5-11-17(16)15-8-2-1-3-9-15/h1-13H,14H2. The summed E-state index contributed by atoms with van der Waals surface area (Å²) in [4.78, 5) is 0. The molecule has 0 amide bonds. The lowest BCUT2D eigenvalue weighted by Crippen LogP contribution is -1.99. The summed E-state index contributed by atoms with van der Waals surface area (Å²) in [6.07, 6.45) is 0. The van der Waals surface area contributed by atoms with Gasteiger partial charge in [0.1, 0.15) is 6.61 Å². The van der Waals surface area contributed by atoms with Crippen molar-refractivity contribution in [3.63, 3.8) is 0 Å². The highest BCUT2D eigenvalue weighted by Crippen LogP contribution is 2.25. The van der Waals surface area contributed by atoms with Gasteiger partial charge in [-0.2, -0.15) is 0 Å². The van der Waals surface area contributed by atoms with Crippen LogP contribution in [-0.4, -0.2) is 0 Å². The Hall–Kier alpha value is -2.61. The monoisotopic (exact) mass is 278 g/mol. The van der Waals surface area contributed by atoms with Gasteiger partial charge in [-0.15, -0.1) is 0 Å². The molecular formula is C19H15FO. The van der Waals surface area contributed by atoms with Crippen LogP contribution in [0.2, 0.25) is 0 Å². The van der Waals surface area contributed by atoms with Crippen molar-refractivity contribution in [1.82, 2.24) is 0 Å². The third kappa shape index (κ3) is 3.11. The molecule has 0 unspecified atom stereocenters. The van der Waals surface area contributed by atoms with E-state index < -0.39 is 0 Å². The van der Waals surface area contributed by atoms with Crippen LogP contribution in [0.5, 0.6) is 5.75 Å². The van der Waals surface area contributed by atoms with Crippen molar-refractivity contribution in [2.75, 3.05) is 0 Å². The Morgan fingerprint density at radius 2 is 1.38 bits per heavy atom. The van der Waals surface area contributed by atoms with E-state index in [2.05, 4.69) is 18.2 Å². The first-order valence-electron chi connectivity index (χ1n) is 6.85. The molecule has 0 aliphatic heterocycles. The summed E-state index contributed by atoms with van der Waals surface area (Å²) in [7, 11) is 0. The van der Waals surface area contributed by atoms with E-state index in [0.29, 0.717) is 6.61 Å². The van der Waals surface area contributed by atoms with Crippen molar-refractivity contribution >= 4 is 0 Å². The van der Waals surface area contributed by atoms with Crippen molar-refractivity contribution in [2.24, 2.45) is 0 Å². The van der Waals surface area contributed by atoms with Crippen molar-refractivity contribution in [1.29, 1.82) is 0 Å². The first kappa shape index (κ1) is 13.4. The molecule has 0 saturated carbocycles. The summed E-state index contributed by atoms with van der Waals surface area (Å²) in [5.74, 6) is -0.0601. The van der Waals surface area contributed by atoms with Crippen LogP contribution in [0.1, 0.15) is 5.56 Å². The van der Waals surface area contributed by atoms with Gasteiger partial charge >= 0.3 is 0 Å². The van der Waals surface area contributed by atoms with E-state index in [1.807, 2.05) is 36.4 Å². The highest BCUT2D eigenvalue weighted by atomic mass is 19.1. The summed E-state index contributed by atoms with van der Waals surface area (Å²) in [6.45, 7) is 0.339. The van der Waals surface area contributed by atoms with Crippen molar-refractivity contribution < 1.29 is 9.13 Å². The van der Waals surface area contributed by atoms with Crippen LogP contribution in [0.3, 0.4) is 0 Å². The van der Waals surface area contributed by atoms with E-state index in [0.717, 1.165) is 16.7 Å². The first-order chi connectivity index (χ1) is 10.3. The molecule has 3 aromatic carbocycles. The van der Waals surface area contributed by atoms with Gasteiger partial charge in [-0.25, -0.2) is 4.39 Å². The fraction of sp³-hybridized carbons (Fsp3) is 0.0526. The predicted octanol–water partition coefficient (Wildman–Crippen LogP) is 5.07. The van der Waals surface area contributed by atoms with E-state index in [1.54, 1.807) is 18.2 Å². The highest BCUT2D eigenvalue weighted by molar-refractivity contribution is 5.67. The molecule has 3 aromatic rings. The average molecular weight is 278 g/mol. The van der Waals surface area contributed by atoms with Gasteiger partial charge < -0.3 is 4.74 Å². The van der Waals surface area contributed by atoms with Crippen molar-refractivity contribution in [3.05, 3.63) is 90.2 Å². The van der Waals surface area contributed by atoms with Crippen LogP contribution in [-0.2, 0) is 6.61 Å². The topological polar surface area (TPSA) is 9.23 Å². The number of ether oxygens (including phenoxy) is 1. The second kappa shape index (κ2) is 6.23. The summed E-state index contributed by atoms with van der Waals surface area (Å²) in [6, 6.07) is 24.6. The molecule has 2 heteroatoms. The highest BCUT2D eigenvalue weighted by Gasteiger charge is 2.06. The quantitative estimate of drug-likeness (QED) is 0.647. The normalized spacial score (nSPS) is 10.3. The number of hydrogen-bond acceptors (Lipinski definition) is 1. The molecule has 0 fully saturated rings. The average Bonchev–Trinajstić information content (AvgIpc) is 2.55. The fourth-order valence-electron chi connectivity index (χ4n) is 2.26. The Bertz CT molecular complexity index is 722. The maximum Gasteiger partial charge on any atom is 0.165 e. The molecule has 104 valence electrons. The second-order valence-corrected chi connectivity index (χ2v) is 4.74. The van der Waals surface area contributed by atoms with E-state index in [1.165, 1.54) is 6.07 Å². The van der Waals surface area contributed by atoms with Gasteiger partial charge in [-0.3, -0.25) is 0 Å². The third-order valence-corrected chi connectivity index (χ3v) is 3.32. The van der Waals surface area contributed by atoms with Crippen LogP contribution < -0.4 is 4.74 Å². The predicted molar refractivity (Wildman–Crippen MR) is 82.6 cm³/mol. The molecule has 0 atom stereocenters. The molecule has 0 spiro atoms. The van der Waals surface area contributed by atoms with E-state index >= 15 is 0 Å². The second-order valence-electron chi connectivity index (χ2n) is 4.74. The number of halogens is 1. The zero-order chi connectivity index (χ0) is 14.5. The lowest BCUT2D eigenvalue weighted by molar-refractivity contribution is 0.291. The van der Waals surface area contributed by atoms with E-state index in [9.17, 15) is 4.39 Å². The Labute approximate surface area is 123 Å². The molecule has 0 saturated heterocycles. The molecule has 0 N–H and O–H groups in total. The fourth-order valence-corrected chi connectivity index (χ4v) is 2.26. The van der Waals surface area contributed by atoms with Crippen molar-refractivity contribution in [2.45, 2.75) is 6.61 Å². The van der Waals surface area contributed by atoms with Gasteiger partial charge in [0.25, 0.3) is 0 Å². The maximum absolute atomic E-state index is 13.6. The Morgan fingerprint density at radius 1 is 0.714 bits per heavy atom. The third-order valence-electron chi connectivity index (χ3n) is 3.32. The molecule has 0 heterocycles. The van der Waals surface area contributed by atoms with Gasteiger partial charge in [0, 0.05) is 0 Å². The van der Waals surface area contributed by atoms with Gasteiger partial charge in [0.05, 0.1) is 0 Å². The summed E-state index contributed by atoms with van der Waals surface area (Å²) >= 11 is 0. The number of hydrogen-bond donors (Lipinski definition) is 0. The van der Waals surface area contributed by atoms with Crippen LogP contribution in [0, 0.1) is 5.82 Å².